The molecule has 106 valence electrons. The first-order valence-electron chi connectivity index (χ1n) is 7.65. The van der Waals surface area contributed by atoms with Gasteiger partial charge < -0.3 is 0 Å². The van der Waals surface area contributed by atoms with Gasteiger partial charge in [0.25, 0.3) is 0 Å². The van der Waals surface area contributed by atoms with Crippen LogP contribution in [-0.4, -0.2) is 0 Å². The molecule has 1 fully saturated rings. The maximum atomic E-state index is 13.6. The summed E-state index contributed by atoms with van der Waals surface area (Å²) in [6.07, 6.45) is 10.6. The Hall–Kier alpha value is -0.370. The van der Waals surface area contributed by atoms with E-state index in [2.05, 4.69) is 28.9 Å². The molecule has 0 atom stereocenters. The number of unbranched alkanes of at least 4 members (excludes halogenated alkanes) is 2. The molecule has 1 saturated carbocycles. The Morgan fingerprint density at radius 3 is 2.53 bits per heavy atom. The van der Waals surface area contributed by atoms with Crippen LogP contribution in [-0.2, 0) is 0 Å². The Labute approximate surface area is 124 Å². The molecule has 0 bridgehead atoms. The summed E-state index contributed by atoms with van der Waals surface area (Å²) in [7, 11) is 0. The summed E-state index contributed by atoms with van der Waals surface area (Å²) in [5, 5.41) is 0. The second kappa shape index (κ2) is 7.42. The highest BCUT2D eigenvalue weighted by Gasteiger charge is 2.22. The van der Waals surface area contributed by atoms with E-state index in [9.17, 15) is 4.39 Å². The first-order chi connectivity index (χ1) is 9.20. The number of halogens is 2. The number of rotatable bonds is 5. The zero-order chi connectivity index (χ0) is 13.7. The summed E-state index contributed by atoms with van der Waals surface area (Å²) in [5.41, 5.74) is 1.19. The maximum Gasteiger partial charge on any atom is 0.137 e. The minimum atomic E-state index is -0.123. The zero-order valence-electron chi connectivity index (χ0n) is 11.8. The molecule has 0 amide bonds. The predicted molar refractivity (Wildman–Crippen MR) is 82.9 cm³/mol. The Balaban J connectivity index is 1.84. The van der Waals surface area contributed by atoms with Gasteiger partial charge in [0.15, 0.2) is 0 Å². The van der Waals surface area contributed by atoms with Gasteiger partial charge in [0, 0.05) is 0 Å². The molecule has 0 aliphatic heterocycles. The largest absolute Gasteiger partial charge is 0.206 e. The van der Waals surface area contributed by atoms with Crippen LogP contribution in [0.25, 0.3) is 0 Å². The van der Waals surface area contributed by atoms with Crippen LogP contribution in [0.1, 0.15) is 69.8 Å². The van der Waals surface area contributed by atoms with Crippen molar-refractivity contribution in [2.24, 2.45) is 5.92 Å². The molecule has 1 aromatic rings. The summed E-state index contributed by atoms with van der Waals surface area (Å²) < 4.78 is 14.1. The standard InChI is InChI=1S/C17H24BrF/c1-2-3-4-5-13-6-8-14(9-7-13)15-10-11-16(18)17(19)12-15/h10-14H,2-9H2,1H3. The average Bonchev–Trinajstić information content (AvgIpc) is 2.43. The van der Waals surface area contributed by atoms with E-state index in [0.717, 1.165) is 5.92 Å². The van der Waals surface area contributed by atoms with Crippen LogP contribution < -0.4 is 0 Å². The van der Waals surface area contributed by atoms with Crippen molar-refractivity contribution in [1.29, 1.82) is 0 Å². The van der Waals surface area contributed by atoms with Crippen molar-refractivity contribution in [3.05, 3.63) is 34.1 Å². The molecule has 1 aliphatic rings. The number of hydrogen-bond donors (Lipinski definition) is 0. The van der Waals surface area contributed by atoms with Gasteiger partial charge >= 0.3 is 0 Å². The van der Waals surface area contributed by atoms with E-state index >= 15 is 0 Å². The fourth-order valence-corrected chi connectivity index (χ4v) is 3.48. The Morgan fingerprint density at radius 1 is 1.16 bits per heavy atom. The first kappa shape index (κ1) is 15.0. The molecule has 0 unspecified atom stereocenters. The summed E-state index contributed by atoms with van der Waals surface area (Å²) in [4.78, 5) is 0. The Morgan fingerprint density at radius 2 is 1.89 bits per heavy atom. The van der Waals surface area contributed by atoms with E-state index in [1.807, 2.05) is 6.07 Å². The van der Waals surface area contributed by atoms with Gasteiger partial charge in [0.2, 0.25) is 0 Å². The zero-order valence-corrected chi connectivity index (χ0v) is 13.4. The van der Waals surface area contributed by atoms with Crippen LogP contribution in [0.3, 0.4) is 0 Å². The van der Waals surface area contributed by atoms with Gasteiger partial charge in [-0.05, 0) is 71.1 Å². The van der Waals surface area contributed by atoms with E-state index in [-0.39, 0.29) is 5.82 Å². The van der Waals surface area contributed by atoms with Crippen LogP contribution in [0.5, 0.6) is 0 Å². The molecule has 0 aromatic heterocycles. The third kappa shape index (κ3) is 4.30. The van der Waals surface area contributed by atoms with Crippen molar-refractivity contribution in [2.45, 2.75) is 64.2 Å². The van der Waals surface area contributed by atoms with E-state index in [0.29, 0.717) is 10.4 Å². The van der Waals surface area contributed by atoms with Crippen LogP contribution in [0.15, 0.2) is 22.7 Å². The van der Waals surface area contributed by atoms with Gasteiger partial charge in [-0.25, -0.2) is 4.39 Å². The van der Waals surface area contributed by atoms with Crippen molar-refractivity contribution in [2.75, 3.05) is 0 Å². The normalized spacial score (nSPS) is 23.5. The van der Waals surface area contributed by atoms with Gasteiger partial charge in [-0.1, -0.05) is 38.7 Å². The van der Waals surface area contributed by atoms with Gasteiger partial charge in [-0.3, -0.25) is 0 Å². The molecule has 1 aliphatic carbocycles. The highest BCUT2D eigenvalue weighted by Crippen LogP contribution is 2.38. The van der Waals surface area contributed by atoms with Crippen LogP contribution in [0, 0.1) is 11.7 Å². The fraction of sp³-hybridized carbons (Fsp3) is 0.647. The lowest BCUT2D eigenvalue weighted by Gasteiger charge is -2.29. The molecular formula is C17H24BrF. The predicted octanol–water partition coefficient (Wildman–Crippen LogP) is 6.44. The molecule has 2 heteroatoms. The minimum absolute atomic E-state index is 0.123. The third-order valence-corrected chi connectivity index (χ3v) is 5.12. The van der Waals surface area contributed by atoms with E-state index in [1.165, 1.54) is 56.9 Å². The Bertz CT molecular complexity index is 394. The lowest BCUT2D eigenvalue weighted by atomic mass is 9.77. The summed E-state index contributed by atoms with van der Waals surface area (Å²) in [5.74, 6) is 1.37. The lowest BCUT2D eigenvalue weighted by Crippen LogP contribution is -2.13. The molecule has 0 heterocycles. The second-order valence-corrected chi connectivity index (χ2v) is 6.74. The van der Waals surface area contributed by atoms with Crippen molar-refractivity contribution in [1.82, 2.24) is 0 Å². The molecule has 1 aromatic carbocycles. The molecule has 19 heavy (non-hydrogen) atoms. The molecule has 0 saturated heterocycles. The number of benzene rings is 1. The topological polar surface area (TPSA) is 0 Å². The molecule has 0 N–H and O–H groups in total. The SMILES string of the molecule is CCCCCC1CCC(c2ccc(Br)c(F)c2)CC1. The molecule has 0 nitrogen and oxygen atoms in total. The average molecular weight is 327 g/mol. The molecule has 2 rings (SSSR count). The van der Waals surface area contributed by atoms with Crippen molar-refractivity contribution < 1.29 is 4.39 Å². The highest BCUT2D eigenvalue weighted by atomic mass is 79.9. The summed E-state index contributed by atoms with van der Waals surface area (Å²) in [6.45, 7) is 2.26. The fourth-order valence-electron chi connectivity index (χ4n) is 3.23. The lowest BCUT2D eigenvalue weighted by molar-refractivity contribution is 0.302. The maximum absolute atomic E-state index is 13.6. The van der Waals surface area contributed by atoms with Crippen molar-refractivity contribution >= 4 is 15.9 Å². The smallest absolute Gasteiger partial charge is 0.137 e. The van der Waals surface area contributed by atoms with Gasteiger partial charge in [0.1, 0.15) is 5.82 Å². The molecule has 0 radical (unpaired) electrons. The van der Waals surface area contributed by atoms with Crippen molar-refractivity contribution in [3.63, 3.8) is 0 Å². The van der Waals surface area contributed by atoms with Crippen LogP contribution in [0.2, 0.25) is 0 Å². The molecular weight excluding hydrogens is 303 g/mol. The monoisotopic (exact) mass is 326 g/mol. The van der Waals surface area contributed by atoms with Gasteiger partial charge in [-0.15, -0.1) is 0 Å². The van der Waals surface area contributed by atoms with Gasteiger partial charge in [-0.2, -0.15) is 0 Å². The third-order valence-electron chi connectivity index (χ3n) is 4.48. The van der Waals surface area contributed by atoms with Crippen LogP contribution in [0.4, 0.5) is 4.39 Å². The highest BCUT2D eigenvalue weighted by molar-refractivity contribution is 9.10. The summed E-state index contributed by atoms with van der Waals surface area (Å²) in [6, 6.07) is 5.64. The van der Waals surface area contributed by atoms with E-state index in [4.69, 9.17) is 0 Å². The van der Waals surface area contributed by atoms with E-state index in [1.54, 1.807) is 6.07 Å². The number of hydrogen-bond acceptors (Lipinski definition) is 0. The Kier molecular flexibility index (Phi) is 5.87. The molecule has 0 spiro atoms. The van der Waals surface area contributed by atoms with E-state index < -0.39 is 0 Å². The second-order valence-electron chi connectivity index (χ2n) is 5.89. The van der Waals surface area contributed by atoms with Gasteiger partial charge in [0.05, 0.1) is 4.47 Å². The quantitative estimate of drug-likeness (QED) is 0.546. The first-order valence-corrected chi connectivity index (χ1v) is 8.45. The summed E-state index contributed by atoms with van der Waals surface area (Å²) >= 11 is 3.22. The minimum Gasteiger partial charge on any atom is -0.206 e. The van der Waals surface area contributed by atoms with Crippen molar-refractivity contribution in [3.8, 4) is 0 Å². The van der Waals surface area contributed by atoms with Crippen LogP contribution >= 0.6 is 15.9 Å².